The Morgan fingerprint density at radius 3 is 3.11 bits per heavy atom. The van der Waals surface area contributed by atoms with Gasteiger partial charge in [0.25, 0.3) is 5.91 Å². The second kappa shape index (κ2) is 4.25. The van der Waals surface area contributed by atoms with Gasteiger partial charge in [0.05, 0.1) is 6.04 Å². The van der Waals surface area contributed by atoms with Crippen LogP contribution in [0, 0.1) is 0 Å². The molecule has 0 radical (unpaired) electrons. The molecular weight excluding hydrogens is 232 g/mol. The third kappa shape index (κ3) is 1.99. The molecule has 1 aliphatic carbocycles. The van der Waals surface area contributed by atoms with E-state index >= 15 is 0 Å². The summed E-state index contributed by atoms with van der Waals surface area (Å²) >= 11 is 0. The summed E-state index contributed by atoms with van der Waals surface area (Å²) in [6.07, 6.45) is 4.25. The highest BCUT2D eigenvalue weighted by Gasteiger charge is 2.27. The van der Waals surface area contributed by atoms with Crippen molar-refractivity contribution in [2.75, 3.05) is 0 Å². The molecule has 2 aromatic heterocycles. The molecule has 0 aliphatic heterocycles. The van der Waals surface area contributed by atoms with Crippen molar-refractivity contribution in [3.05, 3.63) is 29.8 Å². The van der Waals surface area contributed by atoms with E-state index in [0.29, 0.717) is 17.6 Å². The van der Waals surface area contributed by atoms with Gasteiger partial charge in [-0.15, -0.1) is 10.2 Å². The molecule has 1 aliphatic rings. The summed E-state index contributed by atoms with van der Waals surface area (Å²) < 4.78 is 2.03. The van der Waals surface area contributed by atoms with Gasteiger partial charge in [-0.3, -0.25) is 4.79 Å². The van der Waals surface area contributed by atoms with E-state index in [2.05, 4.69) is 25.9 Å². The second-order valence-electron chi connectivity index (χ2n) is 4.50. The lowest BCUT2D eigenvalue weighted by Gasteiger charge is -2.12. The predicted molar refractivity (Wildman–Crippen MR) is 62.8 cm³/mol. The number of rotatable bonds is 4. The number of carbonyl (C=O) groups excluding carboxylic acids is 1. The molecule has 18 heavy (non-hydrogen) atoms. The Kier molecular flexibility index (Phi) is 2.58. The van der Waals surface area contributed by atoms with Crippen LogP contribution in [-0.2, 0) is 0 Å². The summed E-state index contributed by atoms with van der Waals surface area (Å²) in [5, 5.41) is 16.4. The first kappa shape index (κ1) is 10.9. The normalized spacial score (nSPS) is 16.5. The summed E-state index contributed by atoms with van der Waals surface area (Å²) in [4.78, 5) is 12.1. The number of aromatic amines is 1. The van der Waals surface area contributed by atoms with Crippen LogP contribution < -0.4 is 5.32 Å². The lowest BCUT2D eigenvalue weighted by atomic mass is 10.3. The van der Waals surface area contributed by atoms with Crippen LogP contribution in [0.1, 0.15) is 48.2 Å². The summed E-state index contributed by atoms with van der Waals surface area (Å²) in [7, 11) is 0. The van der Waals surface area contributed by atoms with Crippen LogP contribution in [0.4, 0.5) is 0 Å². The van der Waals surface area contributed by atoms with Gasteiger partial charge in [-0.05, 0) is 31.9 Å². The molecule has 2 aromatic rings. The SMILES string of the molecule is CC(NC(=O)c1cccn1C1CC1)c1nn[nH]n1. The van der Waals surface area contributed by atoms with Crippen molar-refractivity contribution in [1.29, 1.82) is 0 Å². The van der Waals surface area contributed by atoms with Gasteiger partial charge in [-0.2, -0.15) is 5.21 Å². The number of tetrazole rings is 1. The number of hydrogen-bond donors (Lipinski definition) is 2. The molecule has 0 spiro atoms. The Bertz CT molecular complexity index is 542. The van der Waals surface area contributed by atoms with E-state index in [-0.39, 0.29) is 11.9 Å². The number of hydrogen-bond acceptors (Lipinski definition) is 4. The van der Waals surface area contributed by atoms with Crippen LogP contribution in [0.15, 0.2) is 18.3 Å². The average molecular weight is 246 g/mol. The Morgan fingerprint density at radius 2 is 2.44 bits per heavy atom. The van der Waals surface area contributed by atoms with Crippen molar-refractivity contribution in [2.24, 2.45) is 0 Å². The van der Waals surface area contributed by atoms with Gasteiger partial charge in [0, 0.05) is 12.2 Å². The van der Waals surface area contributed by atoms with E-state index in [1.165, 1.54) is 0 Å². The smallest absolute Gasteiger partial charge is 0.268 e. The molecule has 7 heteroatoms. The number of nitrogens with one attached hydrogen (secondary N) is 2. The van der Waals surface area contributed by atoms with E-state index in [1.807, 2.05) is 29.8 Å². The van der Waals surface area contributed by atoms with Crippen molar-refractivity contribution in [2.45, 2.75) is 31.8 Å². The number of carbonyl (C=O) groups is 1. The predicted octanol–water partition coefficient (Wildman–Crippen LogP) is 0.827. The van der Waals surface area contributed by atoms with Gasteiger partial charge in [0.2, 0.25) is 0 Å². The number of aromatic nitrogens is 5. The first-order chi connectivity index (χ1) is 8.75. The van der Waals surface area contributed by atoms with Crippen LogP contribution in [0.25, 0.3) is 0 Å². The lowest BCUT2D eigenvalue weighted by molar-refractivity contribution is 0.0928. The fraction of sp³-hybridized carbons (Fsp3) is 0.455. The van der Waals surface area contributed by atoms with Gasteiger partial charge in [0.1, 0.15) is 5.69 Å². The van der Waals surface area contributed by atoms with E-state index in [9.17, 15) is 4.79 Å². The van der Waals surface area contributed by atoms with E-state index in [0.717, 1.165) is 12.8 Å². The molecule has 94 valence electrons. The lowest BCUT2D eigenvalue weighted by Crippen LogP contribution is -2.29. The summed E-state index contributed by atoms with van der Waals surface area (Å²) in [6.45, 7) is 1.83. The highest BCUT2D eigenvalue weighted by Crippen LogP contribution is 2.36. The molecule has 1 unspecified atom stereocenters. The zero-order chi connectivity index (χ0) is 12.5. The molecule has 1 amide bonds. The maximum Gasteiger partial charge on any atom is 0.268 e. The van der Waals surface area contributed by atoms with Crippen molar-refractivity contribution < 1.29 is 4.79 Å². The fourth-order valence-corrected chi connectivity index (χ4v) is 1.95. The monoisotopic (exact) mass is 246 g/mol. The van der Waals surface area contributed by atoms with E-state index in [1.54, 1.807) is 0 Å². The van der Waals surface area contributed by atoms with Gasteiger partial charge < -0.3 is 9.88 Å². The van der Waals surface area contributed by atoms with Gasteiger partial charge in [-0.25, -0.2) is 0 Å². The molecule has 7 nitrogen and oxygen atoms in total. The third-order valence-corrected chi connectivity index (χ3v) is 3.05. The van der Waals surface area contributed by atoms with Crippen LogP contribution in [0.5, 0.6) is 0 Å². The van der Waals surface area contributed by atoms with Gasteiger partial charge in [0.15, 0.2) is 5.82 Å². The molecule has 3 rings (SSSR count). The third-order valence-electron chi connectivity index (χ3n) is 3.05. The Morgan fingerprint density at radius 1 is 1.61 bits per heavy atom. The first-order valence-corrected chi connectivity index (χ1v) is 5.97. The summed E-state index contributed by atoms with van der Waals surface area (Å²) in [6, 6.07) is 3.95. The molecule has 2 N–H and O–H groups in total. The van der Waals surface area contributed by atoms with E-state index in [4.69, 9.17) is 0 Å². The molecular formula is C11H14N6O. The number of nitrogens with zero attached hydrogens (tertiary/aromatic N) is 4. The Hall–Kier alpha value is -2.18. The minimum atomic E-state index is -0.265. The van der Waals surface area contributed by atoms with Crippen molar-refractivity contribution in [3.8, 4) is 0 Å². The molecule has 0 saturated heterocycles. The topological polar surface area (TPSA) is 88.5 Å². The number of H-pyrrole nitrogens is 1. The Labute approximate surface area is 104 Å². The largest absolute Gasteiger partial charge is 0.341 e. The highest BCUT2D eigenvalue weighted by atomic mass is 16.2. The zero-order valence-electron chi connectivity index (χ0n) is 10.00. The molecule has 1 fully saturated rings. The Balaban J connectivity index is 1.72. The summed E-state index contributed by atoms with van der Waals surface area (Å²) in [5.74, 6) is 0.372. The second-order valence-corrected chi connectivity index (χ2v) is 4.50. The maximum absolute atomic E-state index is 12.1. The van der Waals surface area contributed by atoms with Crippen molar-refractivity contribution in [3.63, 3.8) is 0 Å². The van der Waals surface area contributed by atoms with Gasteiger partial charge in [-0.1, -0.05) is 5.21 Å². The quantitative estimate of drug-likeness (QED) is 0.836. The number of amides is 1. The van der Waals surface area contributed by atoms with Crippen LogP contribution in [-0.4, -0.2) is 31.1 Å². The van der Waals surface area contributed by atoms with Crippen LogP contribution >= 0.6 is 0 Å². The first-order valence-electron chi connectivity index (χ1n) is 5.97. The van der Waals surface area contributed by atoms with Gasteiger partial charge >= 0.3 is 0 Å². The fourth-order valence-electron chi connectivity index (χ4n) is 1.95. The zero-order valence-corrected chi connectivity index (χ0v) is 10.00. The highest BCUT2D eigenvalue weighted by molar-refractivity contribution is 5.93. The minimum Gasteiger partial charge on any atom is -0.341 e. The molecule has 2 heterocycles. The summed E-state index contributed by atoms with van der Waals surface area (Å²) in [5.41, 5.74) is 0.688. The maximum atomic E-state index is 12.1. The van der Waals surface area contributed by atoms with Crippen LogP contribution in [0.3, 0.4) is 0 Å². The molecule has 0 bridgehead atoms. The molecule has 1 saturated carbocycles. The van der Waals surface area contributed by atoms with Crippen molar-refractivity contribution >= 4 is 5.91 Å². The standard InChI is InChI=1S/C11H14N6O/c1-7(10-13-15-16-14-10)12-11(18)9-3-2-6-17(9)8-4-5-8/h2-3,6-8H,4-5H2,1H3,(H,12,18)(H,13,14,15,16). The molecule has 0 aromatic carbocycles. The minimum absolute atomic E-state index is 0.107. The average Bonchev–Trinajstić information content (AvgIpc) is 2.90. The van der Waals surface area contributed by atoms with E-state index < -0.39 is 0 Å². The van der Waals surface area contributed by atoms with Crippen molar-refractivity contribution in [1.82, 2.24) is 30.5 Å². The van der Waals surface area contributed by atoms with Crippen LogP contribution in [0.2, 0.25) is 0 Å². The molecule has 1 atom stereocenters.